The zero-order valence-corrected chi connectivity index (χ0v) is 29.1. The van der Waals surface area contributed by atoms with E-state index in [1.165, 1.54) is 105 Å². The molecular formula is C48H39N. The van der Waals surface area contributed by atoms with Gasteiger partial charge in [-0.15, -0.1) is 0 Å². The highest BCUT2D eigenvalue weighted by Gasteiger charge is 2.38. The summed E-state index contributed by atoms with van der Waals surface area (Å²) in [6.07, 6.45) is 0. The molecule has 0 fully saturated rings. The van der Waals surface area contributed by atoms with Gasteiger partial charge in [-0.1, -0.05) is 131 Å². The van der Waals surface area contributed by atoms with E-state index in [2.05, 4.69) is 174 Å². The van der Waals surface area contributed by atoms with Gasteiger partial charge in [-0.05, 0) is 121 Å². The van der Waals surface area contributed by atoms with E-state index in [0.717, 1.165) is 0 Å². The van der Waals surface area contributed by atoms with Crippen LogP contribution in [0.15, 0.2) is 127 Å². The molecule has 0 saturated heterocycles. The van der Waals surface area contributed by atoms with Gasteiger partial charge in [-0.3, -0.25) is 0 Å². The zero-order valence-electron chi connectivity index (χ0n) is 29.1. The molecule has 49 heavy (non-hydrogen) atoms. The van der Waals surface area contributed by atoms with Crippen LogP contribution in [0, 0.1) is 13.8 Å². The Morgan fingerprint density at radius 1 is 0.449 bits per heavy atom. The standard InChI is InChI=1S/C48H39N/c1-28-12-11-13-29(2)46(28)49(32-21-24-40-37(27-32)33-14-7-9-16-38(33)47(40,3)4)42-25-20-30-18-19-31-26-41-45(36-23-22-35(42)43(30)44(31)36)34-15-8-10-17-39(34)48(41,5)6/h7-27H,1-6H3. The molecule has 0 atom stereocenters. The van der Waals surface area contributed by atoms with Crippen LogP contribution in [0.3, 0.4) is 0 Å². The number of anilines is 3. The average molecular weight is 630 g/mol. The number of aryl methyl sites for hydroxylation is 2. The van der Waals surface area contributed by atoms with E-state index in [1.54, 1.807) is 0 Å². The minimum Gasteiger partial charge on any atom is -0.309 e. The van der Waals surface area contributed by atoms with Crippen LogP contribution in [-0.4, -0.2) is 0 Å². The van der Waals surface area contributed by atoms with Gasteiger partial charge < -0.3 is 4.90 Å². The zero-order chi connectivity index (χ0) is 33.4. The van der Waals surface area contributed by atoms with Crippen LogP contribution < -0.4 is 4.90 Å². The van der Waals surface area contributed by atoms with Crippen LogP contribution in [0.1, 0.15) is 61.1 Å². The lowest BCUT2D eigenvalue weighted by molar-refractivity contribution is 0.660. The van der Waals surface area contributed by atoms with Gasteiger partial charge >= 0.3 is 0 Å². The molecule has 8 aromatic carbocycles. The summed E-state index contributed by atoms with van der Waals surface area (Å²) >= 11 is 0. The van der Waals surface area contributed by atoms with Gasteiger partial charge in [0, 0.05) is 21.9 Å². The Morgan fingerprint density at radius 2 is 1.04 bits per heavy atom. The van der Waals surface area contributed by atoms with Crippen LogP contribution in [-0.2, 0) is 10.8 Å². The summed E-state index contributed by atoms with van der Waals surface area (Å²) in [5.74, 6) is 0. The summed E-state index contributed by atoms with van der Waals surface area (Å²) in [6.45, 7) is 14.0. The van der Waals surface area contributed by atoms with Gasteiger partial charge in [0.05, 0.1) is 11.4 Å². The molecule has 0 spiro atoms. The van der Waals surface area contributed by atoms with Gasteiger partial charge in [0.15, 0.2) is 0 Å². The maximum Gasteiger partial charge on any atom is 0.0540 e. The molecule has 0 heterocycles. The Balaban J connectivity index is 1.28. The monoisotopic (exact) mass is 629 g/mol. The fraction of sp³-hybridized carbons (Fsp3) is 0.167. The molecular weight excluding hydrogens is 591 g/mol. The predicted octanol–water partition coefficient (Wildman–Crippen LogP) is 13.3. The molecule has 2 aliphatic carbocycles. The van der Waals surface area contributed by atoms with Gasteiger partial charge in [0.25, 0.3) is 0 Å². The molecule has 0 bridgehead atoms. The minimum absolute atomic E-state index is 0.0334. The van der Waals surface area contributed by atoms with Crippen molar-refractivity contribution >= 4 is 49.4 Å². The fourth-order valence-corrected chi connectivity index (χ4v) is 9.62. The molecule has 0 N–H and O–H groups in total. The van der Waals surface area contributed by atoms with Crippen LogP contribution in [0.5, 0.6) is 0 Å². The minimum atomic E-state index is -0.0402. The van der Waals surface area contributed by atoms with Crippen molar-refractivity contribution in [3.8, 4) is 22.3 Å². The normalized spacial score (nSPS) is 15.1. The summed E-state index contributed by atoms with van der Waals surface area (Å²) in [5, 5.41) is 7.96. The third-order valence-electron chi connectivity index (χ3n) is 12.0. The van der Waals surface area contributed by atoms with Crippen molar-refractivity contribution in [3.63, 3.8) is 0 Å². The van der Waals surface area contributed by atoms with Crippen LogP contribution in [0.4, 0.5) is 17.1 Å². The summed E-state index contributed by atoms with van der Waals surface area (Å²) in [4.78, 5) is 2.54. The number of nitrogens with zero attached hydrogens (tertiary/aromatic N) is 1. The Hall–Kier alpha value is -5.40. The molecule has 0 amide bonds. The number of benzene rings is 8. The highest BCUT2D eigenvalue weighted by molar-refractivity contribution is 6.28. The first-order chi connectivity index (χ1) is 23.7. The first-order valence-corrected chi connectivity index (χ1v) is 17.6. The van der Waals surface area contributed by atoms with E-state index < -0.39 is 0 Å². The van der Waals surface area contributed by atoms with E-state index in [4.69, 9.17) is 0 Å². The van der Waals surface area contributed by atoms with Crippen molar-refractivity contribution in [1.29, 1.82) is 0 Å². The Kier molecular flexibility index (Phi) is 5.61. The van der Waals surface area contributed by atoms with Crippen LogP contribution >= 0.6 is 0 Å². The summed E-state index contributed by atoms with van der Waals surface area (Å²) in [7, 11) is 0. The number of hydrogen-bond donors (Lipinski definition) is 0. The third kappa shape index (κ3) is 3.66. The van der Waals surface area contributed by atoms with Crippen molar-refractivity contribution in [2.75, 3.05) is 4.90 Å². The van der Waals surface area contributed by atoms with Crippen molar-refractivity contribution in [2.45, 2.75) is 52.4 Å². The van der Waals surface area contributed by atoms with E-state index in [1.807, 2.05) is 0 Å². The van der Waals surface area contributed by atoms with E-state index in [0.29, 0.717) is 0 Å². The van der Waals surface area contributed by atoms with Crippen molar-refractivity contribution < 1.29 is 0 Å². The number of fused-ring (bicyclic) bond motifs is 7. The molecule has 8 aromatic rings. The SMILES string of the molecule is Cc1cccc(C)c1N(c1ccc2c(c1)-c1ccccc1C2(C)C)c1ccc2ccc3cc4c(c5ccc1c2c35)-c1ccccc1C4(C)C. The van der Waals surface area contributed by atoms with Gasteiger partial charge in [-0.25, -0.2) is 0 Å². The Labute approximate surface area is 288 Å². The van der Waals surface area contributed by atoms with Gasteiger partial charge in [-0.2, -0.15) is 0 Å². The second kappa shape index (κ2) is 9.61. The molecule has 0 aliphatic heterocycles. The second-order valence-electron chi connectivity index (χ2n) is 15.5. The third-order valence-corrected chi connectivity index (χ3v) is 12.0. The number of para-hydroxylation sites is 1. The molecule has 0 unspecified atom stereocenters. The van der Waals surface area contributed by atoms with E-state index in [-0.39, 0.29) is 10.8 Å². The molecule has 1 nitrogen and oxygen atoms in total. The summed E-state index contributed by atoms with van der Waals surface area (Å²) < 4.78 is 0. The number of rotatable bonds is 3. The second-order valence-corrected chi connectivity index (χ2v) is 15.5. The molecule has 1 heteroatoms. The van der Waals surface area contributed by atoms with Crippen LogP contribution in [0.2, 0.25) is 0 Å². The molecule has 0 saturated carbocycles. The number of hydrogen-bond acceptors (Lipinski definition) is 1. The van der Waals surface area contributed by atoms with E-state index >= 15 is 0 Å². The van der Waals surface area contributed by atoms with E-state index in [9.17, 15) is 0 Å². The first kappa shape index (κ1) is 28.6. The highest BCUT2D eigenvalue weighted by Crippen LogP contribution is 2.55. The van der Waals surface area contributed by atoms with Gasteiger partial charge in [0.2, 0.25) is 0 Å². The molecule has 10 rings (SSSR count). The Morgan fingerprint density at radius 3 is 1.82 bits per heavy atom. The van der Waals surface area contributed by atoms with Gasteiger partial charge in [0.1, 0.15) is 0 Å². The molecule has 2 aliphatic rings. The Bertz CT molecular complexity index is 2670. The smallest absolute Gasteiger partial charge is 0.0540 e. The average Bonchev–Trinajstić information content (AvgIpc) is 3.48. The maximum atomic E-state index is 2.54. The lowest BCUT2D eigenvalue weighted by atomic mass is 9.80. The topological polar surface area (TPSA) is 3.24 Å². The van der Waals surface area contributed by atoms with Crippen LogP contribution in [0.25, 0.3) is 54.6 Å². The molecule has 236 valence electrons. The lowest BCUT2D eigenvalue weighted by Crippen LogP contribution is -2.16. The maximum absolute atomic E-state index is 2.54. The molecule has 0 radical (unpaired) electrons. The quantitative estimate of drug-likeness (QED) is 0.176. The first-order valence-electron chi connectivity index (χ1n) is 17.6. The van der Waals surface area contributed by atoms with Crippen molar-refractivity contribution in [3.05, 3.63) is 161 Å². The predicted molar refractivity (Wildman–Crippen MR) is 209 cm³/mol. The lowest BCUT2D eigenvalue weighted by Gasteiger charge is -2.31. The highest BCUT2D eigenvalue weighted by atomic mass is 15.1. The largest absolute Gasteiger partial charge is 0.309 e. The van der Waals surface area contributed by atoms with Crippen molar-refractivity contribution in [2.24, 2.45) is 0 Å². The fourth-order valence-electron chi connectivity index (χ4n) is 9.62. The van der Waals surface area contributed by atoms with Crippen molar-refractivity contribution in [1.82, 2.24) is 0 Å². The summed E-state index contributed by atoms with van der Waals surface area (Å²) in [5.41, 5.74) is 17.2. The molecule has 0 aromatic heterocycles. The summed E-state index contributed by atoms with van der Waals surface area (Å²) in [6, 6.07) is 48.5.